The zero-order valence-corrected chi connectivity index (χ0v) is 18.3. The molecule has 6 heteroatoms. The molecule has 0 aromatic carbocycles. The molecule has 0 aromatic rings. The van der Waals surface area contributed by atoms with E-state index in [9.17, 15) is 9.90 Å². The molecule has 0 unspecified atom stereocenters. The quantitative estimate of drug-likeness (QED) is 0.125. The number of esters is 1. The van der Waals surface area contributed by atoms with Gasteiger partial charge in [-0.3, -0.25) is 4.79 Å². The molecule has 0 aliphatic heterocycles. The molecule has 0 rings (SSSR count). The molecule has 3 nitrogen and oxygen atoms in total. The van der Waals surface area contributed by atoms with Crippen LogP contribution in [0.5, 0.6) is 0 Å². The second-order valence-corrected chi connectivity index (χ2v) is 9.31. The molecule has 154 valence electrons. The number of unbranched alkanes of at least 4 members (excludes halogenated alkanes) is 8. The molecule has 1 atom stereocenters. The van der Waals surface area contributed by atoms with Crippen LogP contribution >= 0.6 is 34.8 Å². The lowest BCUT2D eigenvalue weighted by Gasteiger charge is -2.11. The Morgan fingerprint density at radius 3 is 2.35 bits per heavy atom. The number of rotatable bonds is 16. The molecule has 0 heterocycles. The summed E-state index contributed by atoms with van der Waals surface area (Å²) in [5, 5.41) is 9.86. The lowest BCUT2D eigenvalue weighted by atomic mass is 10.1. The Kier molecular flexibility index (Phi) is 17.2. The summed E-state index contributed by atoms with van der Waals surface area (Å²) in [4.78, 5) is 11.4. The van der Waals surface area contributed by atoms with Gasteiger partial charge in [0.2, 0.25) is 3.79 Å². The van der Waals surface area contributed by atoms with Crippen molar-refractivity contribution < 1.29 is 14.6 Å². The van der Waals surface area contributed by atoms with Crippen LogP contribution in [0, 0.1) is 0 Å². The highest BCUT2D eigenvalue weighted by molar-refractivity contribution is 6.67. The van der Waals surface area contributed by atoms with Gasteiger partial charge in [-0.25, -0.2) is 0 Å². The third-order valence-electron chi connectivity index (χ3n) is 4.11. The number of aliphatic hydroxyl groups is 1. The average Bonchev–Trinajstić information content (AvgIpc) is 2.58. The molecule has 26 heavy (non-hydrogen) atoms. The summed E-state index contributed by atoms with van der Waals surface area (Å²) in [6.07, 6.45) is 17.2. The van der Waals surface area contributed by atoms with Gasteiger partial charge in [0.25, 0.3) is 0 Å². The standard InChI is InChI=1S/C20H35Cl3O3/c1-2-3-4-11-14-18(24)15-12-9-7-5-6-8-10-13-16-19(25)26-17-20(21,22)23/h9,12,18,24H,2-8,10-11,13-17H2,1H3/b12-9-/t18-/m1/s1. The van der Waals surface area contributed by atoms with Crippen LogP contribution in [0.2, 0.25) is 0 Å². The highest BCUT2D eigenvalue weighted by atomic mass is 35.6. The molecule has 0 fully saturated rings. The molecule has 0 aromatic heterocycles. The highest BCUT2D eigenvalue weighted by Crippen LogP contribution is 2.26. The summed E-state index contributed by atoms with van der Waals surface area (Å²) in [5.74, 6) is -0.312. The minimum absolute atomic E-state index is 0.190. The van der Waals surface area contributed by atoms with Crippen LogP contribution in [0.1, 0.15) is 90.4 Å². The topological polar surface area (TPSA) is 46.5 Å². The van der Waals surface area contributed by atoms with Crippen LogP contribution in [-0.2, 0) is 9.53 Å². The summed E-state index contributed by atoms with van der Waals surface area (Å²) in [6, 6.07) is 0. The van der Waals surface area contributed by atoms with Crippen molar-refractivity contribution in [2.45, 2.75) is 100 Å². The molecular weight excluding hydrogens is 395 g/mol. The summed E-state index contributed by atoms with van der Waals surface area (Å²) in [7, 11) is 0. The Balaban J connectivity index is 3.38. The fraction of sp³-hybridized carbons (Fsp3) is 0.850. The van der Waals surface area contributed by atoms with Crippen molar-refractivity contribution >= 4 is 40.8 Å². The van der Waals surface area contributed by atoms with Crippen LogP contribution in [0.3, 0.4) is 0 Å². The molecule has 0 bridgehead atoms. The van der Waals surface area contributed by atoms with Crippen molar-refractivity contribution in [3.05, 3.63) is 12.2 Å². The molecule has 0 amide bonds. The largest absolute Gasteiger partial charge is 0.461 e. The van der Waals surface area contributed by atoms with Crippen molar-refractivity contribution in [2.24, 2.45) is 0 Å². The first kappa shape index (κ1) is 26.0. The summed E-state index contributed by atoms with van der Waals surface area (Å²) < 4.78 is 3.34. The minimum atomic E-state index is -1.53. The molecular formula is C20H35Cl3O3. The molecule has 0 saturated heterocycles. The van der Waals surface area contributed by atoms with Gasteiger partial charge in [0, 0.05) is 6.42 Å². The van der Waals surface area contributed by atoms with Gasteiger partial charge in [-0.15, -0.1) is 0 Å². The van der Waals surface area contributed by atoms with Crippen LogP contribution in [0.4, 0.5) is 0 Å². The molecule has 1 N–H and O–H groups in total. The molecule has 0 spiro atoms. The van der Waals surface area contributed by atoms with Crippen molar-refractivity contribution in [3.63, 3.8) is 0 Å². The molecule has 0 aliphatic carbocycles. The van der Waals surface area contributed by atoms with Crippen molar-refractivity contribution in [3.8, 4) is 0 Å². The number of hydrogen-bond acceptors (Lipinski definition) is 3. The predicted molar refractivity (Wildman–Crippen MR) is 112 cm³/mol. The van der Waals surface area contributed by atoms with Gasteiger partial charge < -0.3 is 9.84 Å². The second-order valence-electron chi connectivity index (χ2n) is 6.79. The monoisotopic (exact) mass is 428 g/mol. The van der Waals surface area contributed by atoms with E-state index in [1.54, 1.807) is 0 Å². The van der Waals surface area contributed by atoms with Crippen LogP contribution in [0.25, 0.3) is 0 Å². The van der Waals surface area contributed by atoms with E-state index in [1.165, 1.54) is 19.3 Å². The number of hydrogen-bond donors (Lipinski definition) is 1. The van der Waals surface area contributed by atoms with Gasteiger partial charge in [0.15, 0.2) is 0 Å². The van der Waals surface area contributed by atoms with Gasteiger partial charge in [0.05, 0.1) is 6.10 Å². The Morgan fingerprint density at radius 1 is 1.00 bits per heavy atom. The van der Waals surface area contributed by atoms with Crippen molar-refractivity contribution in [1.82, 2.24) is 0 Å². The fourth-order valence-corrected chi connectivity index (χ4v) is 2.76. The van der Waals surface area contributed by atoms with E-state index < -0.39 is 3.79 Å². The van der Waals surface area contributed by atoms with E-state index in [2.05, 4.69) is 19.1 Å². The molecule has 0 radical (unpaired) electrons. The number of aliphatic hydroxyl groups excluding tert-OH is 1. The lowest BCUT2D eigenvalue weighted by Crippen LogP contribution is -2.17. The summed E-state index contributed by atoms with van der Waals surface area (Å²) in [6.45, 7) is 2.00. The average molecular weight is 430 g/mol. The number of carbonyl (C=O) groups is 1. The van der Waals surface area contributed by atoms with E-state index in [0.717, 1.165) is 57.8 Å². The zero-order chi connectivity index (χ0) is 19.7. The Morgan fingerprint density at radius 2 is 1.65 bits per heavy atom. The maximum absolute atomic E-state index is 11.4. The Hall–Kier alpha value is 0.0400. The fourth-order valence-electron chi connectivity index (χ4n) is 2.59. The van der Waals surface area contributed by atoms with E-state index >= 15 is 0 Å². The molecule has 0 saturated carbocycles. The summed E-state index contributed by atoms with van der Waals surface area (Å²) in [5.41, 5.74) is 0. The van der Waals surface area contributed by atoms with Gasteiger partial charge >= 0.3 is 5.97 Å². The molecule has 0 aliphatic rings. The number of halogens is 3. The third-order valence-corrected chi connectivity index (χ3v) is 4.44. The van der Waals surface area contributed by atoms with Gasteiger partial charge in [-0.05, 0) is 32.1 Å². The Bertz CT molecular complexity index is 368. The SMILES string of the molecule is CCCCCC[C@@H](O)C/C=C\CCCCCCCC(=O)OCC(Cl)(Cl)Cl. The second kappa shape index (κ2) is 17.2. The van der Waals surface area contributed by atoms with Crippen molar-refractivity contribution in [2.75, 3.05) is 6.61 Å². The van der Waals surface area contributed by atoms with Gasteiger partial charge in [0.1, 0.15) is 6.61 Å². The van der Waals surface area contributed by atoms with Crippen LogP contribution in [0.15, 0.2) is 12.2 Å². The minimum Gasteiger partial charge on any atom is -0.461 e. The van der Waals surface area contributed by atoms with Gasteiger partial charge in [-0.2, -0.15) is 0 Å². The zero-order valence-electron chi connectivity index (χ0n) is 16.0. The first-order chi connectivity index (χ1) is 12.3. The lowest BCUT2D eigenvalue weighted by molar-refractivity contribution is -0.143. The van der Waals surface area contributed by atoms with E-state index in [-0.39, 0.29) is 18.7 Å². The normalized spacial score (nSPS) is 13.3. The first-order valence-corrected chi connectivity index (χ1v) is 11.0. The van der Waals surface area contributed by atoms with Crippen LogP contribution in [-0.4, -0.2) is 27.6 Å². The van der Waals surface area contributed by atoms with E-state index in [0.29, 0.717) is 6.42 Å². The highest BCUT2D eigenvalue weighted by Gasteiger charge is 2.21. The van der Waals surface area contributed by atoms with E-state index in [4.69, 9.17) is 39.5 Å². The maximum Gasteiger partial charge on any atom is 0.305 e. The number of carbonyl (C=O) groups excluding carboxylic acids is 1. The summed E-state index contributed by atoms with van der Waals surface area (Å²) >= 11 is 16.6. The predicted octanol–water partition coefficient (Wildman–Crippen LogP) is 6.91. The van der Waals surface area contributed by atoms with Crippen LogP contribution < -0.4 is 0 Å². The third kappa shape index (κ3) is 20.4. The number of alkyl halides is 3. The first-order valence-electron chi connectivity index (χ1n) is 9.90. The van der Waals surface area contributed by atoms with Gasteiger partial charge in [-0.1, -0.05) is 98.8 Å². The maximum atomic E-state index is 11.4. The Labute approximate surface area is 174 Å². The van der Waals surface area contributed by atoms with E-state index in [1.807, 2.05) is 0 Å². The number of allylic oxidation sites excluding steroid dienone is 1. The smallest absolute Gasteiger partial charge is 0.305 e. The number of ether oxygens (including phenoxy) is 1. The van der Waals surface area contributed by atoms with Crippen molar-refractivity contribution in [1.29, 1.82) is 0 Å².